The average molecular weight is 352 g/mol. The Morgan fingerprint density at radius 3 is 2.31 bits per heavy atom. The highest BCUT2D eigenvalue weighted by Crippen LogP contribution is 2.30. The van der Waals surface area contributed by atoms with E-state index in [2.05, 4.69) is 10.6 Å². The van der Waals surface area contributed by atoms with E-state index in [1.807, 2.05) is 55.5 Å². The third-order valence-electron chi connectivity index (χ3n) is 4.53. The predicted molar refractivity (Wildman–Crippen MR) is 101 cm³/mol. The van der Waals surface area contributed by atoms with Gasteiger partial charge in [0.15, 0.2) is 0 Å². The Bertz CT molecular complexity index is 765. The molecule has 1 fully saturated rings. The maximum Gasteiger partial charge on any atom is 0.227 e. The highest BCUT2D eigenvalue weighted by atomic mass is 16.5. The minimum absolute atomic E-state index is 0.0335. The number of benzene rings is 2. The van der Waals surface area contributed by atoms with Crippen molar-refractivity contribution >= 4 is 17.5 Å². The number of nitrogens with one attached hydrogen (secondary N) is 2. The zero-order valence-electron chi connectivity index (χ0n) is 15.1. The zero-order chi connectivity index (χ0) is 18.5. The Balaban J connectivity index is 1.52. The maximum absolute atomic E-state index is 12.2. The summed E-state index contributed by atoms with van der Waals surface area (Å²) in [5.74, 6) is 1.02. The summed E-state index contributed by atoms with van der Waals surface area (Å²) in [5.41, 5.74) is 2.73. The standard InChI is InChI=1S/C21H24N2O3/c1-14(22-20(24)13-15-3-11-19(26-2)12-4-15)16-7-9-18(10-8-16)23-21(25)17-5-6-17/h3-4,7-12,14,17H,5-6,13H2,1-2H3,(H,22,24)(H,23,25). The fourth-order valence-corrected chi connectivity index (χ4v) is 2.75. The van der Waals surface area contributed by atoms with Crippen LogP contribution in [0.2, 0.25) is 0 Å². The molecular weight excluding hydrogens is 328 g/mol. The second-order valence-electron chi connectivity index (χ2n) is 6.70. The SMILES string of the molecule is COc1ccc(CC(=O)NC(C)c2ccc(NC(=O)C3CC3)cc2)cc1. The van der Waals surface area contributed by atoms with Crippen molar-refractivity contribution in [2.24, 2.45) is 5.92 Å². The van der Waals surface area contributed by atoms with Crippen LogP contribution in [0.1, 0.15) is 36.9 Å². The molecule has 0 saturated heterocycles. The van der Waals surface area contributed by atoms with Gasteiger partial charge in [-0.2, -0.15) is 0 Å². The molecule has 2 aromatic carbocycles. The van der Waals surface area contributed by atoms with E-state index >= 15 is 0 Å². The lowest BCUT2D eigenvalue weighted by atomic mass is 10.1. The molecule has 2 aromatic rings. The third kappa shape index (κ3) is 4.85. The molecule has 0 bridgehead atoms. The van der Waals surface area contributed by atoms with Gasteiger partial charge in [0.2, 0.25) is 11.8 Å². The molecule has 1 saturated carbocycles. The van der Waals surface area contributed by atoms with E-state index in [1.54, 1.807) is 7.11 Å². The molecule has 1 unspecified atom stereocenters. The molecule has 0 aromatic heterocycles. The quantitative estimate of drug-likeness (QED) is 0.802. The largest absolute Gasteiger partial charge is 0.497 e. The number of rotatable bonds is 7. The van der Waals surface area contributed by atoms with E-state index in [-0.39, 0.29) is 23.8 Å². The van der Waals surface area contributed by atoms with Crippen molar-refractivity contribution in [2.45, 2.75) is 32.2 Å². The van der Waals surface area contributed by atoms with Gasteiger partial charge >= 0.3 is 0 Å². The van der Waals surface area contributed by atoms with E-state index in [0.29, 0.717) is 6.42 Å². The van der Waals surface area contributed by atoms with Crippen LogP contribution in [-0.4, -0.2) is 18.9 Å². The molecule has 5 heteroatoms. The van der Waals surface area contributed by atoms with E-state index in [0.717, 1.165) is 35.4 Å². The Labute approximate surface area is 153 Å². The maximum atomic E-state index is 12.2. The molecule has 1 aliphatic rings. The van der Waals surface area contributed by atoms with Gasteiger partial charge in [-0.15, -0.1) is 0 Å². The molecule has 3 rings (SSSR count). The fraction of sp³-hybridized carbons (Fsp3) is 0.333. The van der Waals surface area contributed by atoms with Crippen molar-refractivity contribution in [3.05, 3.63) is 59.7 Å². The number of ether oxygens (including phenoxy) is 1. The van der Waals surface area contributed by atoms with Gasteiger partial charge in [0, 0.05) is 11.6 Å². The van der Waals surface area contributed by atoms with Crippen molar-refractivity contribution in [3.8, 4) is 5.75 Å². The first-order valence-electron chi connectivity index (χ1n) is 8.88. The Morgan fingerprint density at radius 1 is 1.08 bits per heavy atom. The smallest absolute Gasteiger partial charge is 0.227 e. The Kier molecular flexibility index (Phi) is 5.56. The number of hydrogen-bond acceptors (Lipinski definition) is 3. The summed E-state index contributed by atoms with van der Waals surface area (Å²) in [7, 11) is 1.62. The summed E-state index contributed by atoms with van der Waals surface area (Å²) < 4.78 is 5.12. The summed E-state index contributed by atoms with van der Waals surface area (Å²) in [4.78, 5) is 24.0. The topological polar surface area (TPSA) is 67.4 Å². The first-order valence-corrected chi connectivity index (χ1v) is 8.88. The van der Waals surface area contributed by atoms with Gasteiger partial charge in [-0.05, 0) is 55.2 Å². The fourth-order valence-electron chi connectivity index (χ4n) is 2.75. The molecule has 0 heterocycles. The third-order valence-corrected chi connectivity index (χ3v) is 4.53. The molecule has 0 radical (unpaired) electrons. The van der Waals surface area contributed by atoms with E-state index in [9.17, 15) is 9.59 Å². The van der Waals surface area contributed by atoms with Crippen LogP contribution >= 0.6 is 0 Å². The molecule has 1 aliphatic carbocycles. The summed E-state index contributed by atoms with van der Waals surface area (Å²) in [5, 5.41) is 5.92. The normalized spacial score (nSPS) is 14.4. The molecule has 2 amide bonds. The van der Waals surface area contributed by atoms with Gasteiger partial charge in [-0.1, -0.05) is 24.3 Å². The summed E-state index contributed by atoms with van der Waals surface area (Å²) in [6.07, 6.45) is 2.30. The second-order valence-corrected chi connectivity index (χ2v) is 6.70. The highest BCUT2D eigenvalue weighted by Gasteiger charge is 2.29. The van der Waals surface area contributed by atoms with Crippen LogP contribution in [0.15, 0.2) is 48.5 Å². The number of amides is 2. The number of hydrogen-bond donors (Lipinski definition) is 2. The van der Waals surface area contributed by atoms with Crippen LogP contribution in [0.4, 0.5) is 5.69 Å². The van der Waals surface area contributed by atoms with Gasteiger partial charge in [0.25, 0.3) is 0 Å². The average Bonchev–Trinajstić information content (AvgIpc) is 3.48. The Hall–Kier alpha value is -2.82. The number of methoxy groups -OCH3 is 1. The van der Waals surface area contributed by atoms with Gasteiger partial charge in [-0.3, -0.25) is 9.59 Å². The first kappa shape index (κ1) is 18.0. The van der Waals surface area contributed by atoms with Gasteiger partial charge in [0.05, 0.1) is 19.6 Å². The van der Waals surface area contributed by atoms with E-state index in [1.165, 1.54) is 0 Å². The lowest BCUT2D eigenvalue weighted by Crippen LogP contribution is -2.28. The molecule has 136 valence electrons. The minimum atomic E-state index is -0.103. The molecule has 2 N–H and O–H groups in total. The summed E-state index contributed by atoms with van der Waals surface area (Å²) in [6.45, 7) is 1.95. The predicted octanol–water partition coefficient (Wildman–Crippen LogP) is 3.46. The molecule has 0 aliphatic heterocycles. The van der Waals surface area contributed by atoms with Crippen LogP contribution in [0, 0.1) is 5.92 Å². The van der Waals surface area contributed by atoms with Crippen LogP contribution in [0.5, 0.6) is 5.75 Å². The van der Waals surface area contributed by atoms with Gasteiger partial charge < -0.3 is 15.4 Å². The second kappa shape index (κ2) is 8.04. The lowest BCUT2D eigenvalue weighted by molar-refractivity contribution is -0.121. The number of anilines is 1. The first-order chi connectivity index (χ1) is 12.5. The Morgan fingerprint density at radius 2 is 1.73 bits per heavy atom. The number of carbonyl (C=O) groups is 2. The summed E-state index contributed by atoms with van der Waals surface area (Å²) in [6, 6.07) is 15.0. The van der Waals surface area contributed by atoms with Crippen molar-refractivity contribution in [2.75, 3.05) is 12.4 Å². The van der Waals surface area contributed by atoms with Crippen LogP contribution in [-0.2, 0) is 16.0 Å². The lowest BCUT2D eigenvalue weighted by Gasteiger charge is -2.15. The van der Waals surface area contributed by atoms with Crippen LogP contribution in [0.25, 0.3) is 0 Å². The van der Waals surface area contributed by atoms with Crippen molar-refractivity contribution in [1.82, 2.24) is 5.32 Å². The van der Waals surface area contributed by atoms with Crippen molar-refractivity contribution in [3.63, 3.8) is 0 Å². The molecule has 1 atom stereocenters. The molecule has 26 heavy (non-hydrogen) atoms. The van der Waals surface area contributed by atoms with E-state index in [4.69, 9.17) is 4.74 Å². The molecule has 0 spiro atoms. The van der Waals surface area contributed by atoms with Gasteiger partial charge in [-0.25, -0.2) is 0 Å². The molecule has 5 nitrogen and oxygen atoms in total. The van der Waals surface area contributed by atoms with Crippen LogP contribution < -0.4 is 15.4 Å². The van der Waals surface area contributed by atoms with Crippen molar-refractivity contribution in [1.29, 1.82) is 0 Å². The van der Waals surface area contributed by atoms with Gasteiger partial charge in [0.1, 0.15) is 5.75 Å². The number of carbonyl (C=O) groups excluding carboxylic acids is 2. The van der Waals surface area contributed by atoms with Crippen LogP contribution in [0.3, 0.4) is 0 Å². The summed E-state index contributed by atoms with van der Waals surface area (Å²) >= 11 is 0. The minimum Gasteiger partial charge on any atom is -0.497 e. The van der Waals surface area contributed by atoms with E-state index < -0.39 is 0 Å². The molecular formula is C21H24N2O3. The zero-order valence-corrected chi connectivity index (χ0v) is 15.1. The van der Waals surface area contributed by atoms with Crippen molar-refractivity contribution < 1.29 is 14.3 Å². The monoisotopic (exact) mass is 352 g/mol. The highest BCUT2D eigenvalue weighted by molar-refractivity contribution is 5.94.